The molecule has 2 rings (SSSR count). The number of fused-ring (bicyclic) bond motifs is 1. The molecule has 0 aromatic carbocycles. The molecule has 1 fully saturated rings. The van der Waals surface area contributed by atoms with Crippen molar-refractivity contribution in [2.75, 3.05) is 0 Å². The van der Waals surface area contributed by atoms with Gasteiger partial charge in [-0.05, 0) is 24.1 Å². The highest BCUT2D eigenvalue weighted by Gasteiger charge is 2.41. The van der Waals surface area contributed by atoms with Gasteiger partial charge in [0.2, 0.25) is 0 Å². The molecule has 3 atom stereocenters. The van der Waals surface area contributed by atoms with E-state index in [1.165, 1.54) is 10.1 Å². The van der Waals surface area contributed by atoms with Crippen molar-refractivity contribution >= 4 is 23.8 Å². The van der Waals surface area contributed by atoms with E-state index in [1.807, 2.05) is 0 Å². The quantitative estimate of drug-likeness (QED) is 0.492. The van der Waals surface area contributed by atoms with E-state index < -0.39 is 0 Å². The molecule has 0 aliphatic heterocycles. The summed E-state index contributed by atoms with van der Waals surface area (Å²) in [5.41, 5.74) is 1.42. The van der Waals surface area contributed by atoms with Gasteiger partial charge in [-0.1, -0.05) is 59.7 Å². The Kier molecular flexibility index (Phi) is 2.98. The lowest BCUT2D eigenvalue weighted by Crippen LogP contribution is -2.08. The molecule has 1 saturated carbocycles. The topological polar surface area (TPSA) is 0 Å². The zero-order valence-corrected chi connectivity index (χ0v) is 10.9. The Labute approximate surface area is 102 Å². The molecule has 0 saturated heterocycles. The van der Waals surface area contributed by atoms with Gasteiger partial charge in [0, 0.05) is 10.4 Å². The van der Waals surface area contributed by atoms with Gasteiger partial charge in [-0.2, -0.15) is 0 Å². The molecule has 78 valence electrons. The van der Waals surface area contributed by atoms with E-state index in [9.17, 15) is 0 Å². The summed E-state index contributed by atoms with van der Waals surface area (Å²) in [5, 5.41) is -0.121. The monoisotopic (exact) mass is 262 g/mol. The molecule has 15 heavy (non-hydrogen) atoms. The van der Waals surface area contributed by atoms with Crippen molar-refractivity contribution in [3.63, 3.8) is 0 Å². The summed E-state index contributed by atoms with van der Waals surface area (Å²) in [6.07, 6.45) is 11.2. The van der Waals surface area contributed by atoms with E-state index in [0.717, 1.165) is 12.8 Å². The van der Waals surface area contributed by atoms with Crippen LogP contribution < -0.4 is 0 Å². The van der Waals surface area contributed by atoms with Gasteiger partial charge in [-0.25, -0.2) is 0 Å². The fourth-order valence-corrected chi connectivity index (χ4v) is 3.29. The van der Waals surface area contributed by atoms with Crippen LogP contribution in [0.4, 0.5) is 0 Å². The van der Waals surface area contributed by atoms with Crippen molar-refractivity contribution in [1.29, 1.82) is 0 Å². The molecule has 0 nitrogen and oxygen atoms in total. The maximum Gasteiger partial charge on any atom is 0.0802 e. The van der Waals surface area contributed by atoms with Crippen LogP contribution in [-0.4, -0.2) is 7.85 Å². The van der Waals surface area contributed by atoms with Crippen molar-refractivity contribution in [3.05, 3.63) is 34.4 Å². The SMILES string of the molecule is [B]C1(C)CC2C=C(Br)C=CC2/C1=C/CC. The molecule has 3 unspecified atom stereocenters. The summed E-state index contributed by atoms with van der Waals surface area (Å²) < 4.78 is 1.19. The van der Waals surface area contributed by atoms with Crippen LogP contribution in [-0.2, 0) is 0 Å². The minimum atomic E-state index is -0.121. The van der Waals surface area contributed by atoms with E-state index in [1.54, 1.807) is 0 Å². The molecule has 0 bridgehead atoms. The lowest BCUT2D eigenvalue weighted by Gasteiger charge is -2.22. The van der Waals surface area contributed by atoms with Gasteiger partial charge in [-0.3, -0.25) is 0 Å². The molecule has 2 heteroatoms. The Morgan fingerprint density at radius 2 is 2.40 bits per heavy atom. The standard InChI is InChI=1S/C13H16BBr/c1-3-4-12-11-6-5-10(15)7-9(11)8-13(12,2)14/h4-7,9,11H,3,8H2,1-2H3/b12-4-. The highest BCUT2D eigenvalue weighted by Crippen LogP contribution is 2.55. The van der Waals surface area contributed by atoms with E-state index in [4.69, 9.17) is 7.85 Å². The highest BCUT2D eigenvalue weighted by atomic mass is 79.9. The van der Waals surface area contributed by atoms with Gasteiger partial charge in [0.05, 0.1) is 7.85 Å². The third kappa shape index (κ3) is 2.01. The minimum absolute atomic E-state index is 0.121. The predicted octanol–water partition coefficient (Wildman–Crippen LogP) is 4.15. The van der Waals surface area contributed by atoms with E-state index >= 15 is 0 Å². The molecular formula is C13H16BBr. The van der Waals surface area contributed by atoms with E-state index in [2.05, 4.69) is 54.1 Å². The van der Waals surface area contributed by atoms with Crippen LogP contribution in [0.5, 0.6) is 0 Å². The summed E-state index contributed by atoms with van der Waals surface area (Å²) in [4.78, 5) is 0. The average molecular weight is 263 g/mol. The molecule has 0 heterocycles. The Morgan fingerprint density at radius 1 is 1.67 bits per heavy atom. The summed E-state index contributed by atoms with van der Waals surface area (Å²) in [6.45, 7) is 4.33. The van der Waals surface area contributed by atoms with Crippen molar-refractivity contribution in [3.8, 4) is 0 Å². The Hall–Kier alpha value is -0.235. The van der Waals surface area contributed by atoms with Crippen LogP contribution in [0.15, 0.2) is 34.4 Å². The van der Waals surface area contributed by atoms with Gasteiger partial charge in [0.1, 0.15) is 0 Å². The third-order valence-electron chi connectivity index (χ3n) is 3.40. The fraction of sp³-hybridized carbons (Fsp3) is 0.538. The molecule has 0 aromatic heterocycles. The Balaban J connectivity index is 2.35. The van der Waals surface area contributed by atoms with Gasteiger partial charge in [-0.15, -0.1) is 0 Å². The van der Waals surface area contributed by atoms with Crippen LogP contribution in [0, 0.1) is 11.8 Å². The molecule has 0 N–H and O–H groups in total. The van der Waals surface area contributed by atoms with Gasteiger partial charge >= 0.3 is 0 Å². The smallest absolute Gasteiger partial charge is 0.0802 e. The summed E-state index contributed by atoms with van der Waals surface area (Å²) >= 11 is 3.54. The van der Waals surface area contributed by atoms with E-state index in [-0.39, 0.29) is 5.31 Å². The molecular weight excluding hydrogens is 247 g/mol. The van der Waals surface area contributed by atoms with Crippen molar-refractivity contribution < 1.29 is 0 Å². The number of rotatable bonds is 1. The second-order valence-electron chi connectivity index (χ2n) is 4.79. The van der Waals surface area contributed by atoms with Crippen molar-refractivity contribution in [2.24, 2.45) is 11.8 Å². The first kappa shape index (κ1) is 11.3. The zero-order valence-electron chi connectivity index (χ0n) is 9.33. The third-order valence-corrected chi connectivity index (χ3v) is 3.93. The van der Waals surface area contributed by atoms with Gasteiger partial charge in [0.25, 0.3) is 0 Å². The average Bonchev–Trinajstić information content (AvgIpc) is 2.37. The number of hydrogen-bond donors (Lipinski definition) is 0. The van der Waals surface area contributed by atoms with Crippen LogP contribution in [0.25, 0.3) is 0 Å². The van der Waals surface area contributed by atoms with Gasteiger partial charge < -0.3 is 0 Å². The van der Waals surface area contributed by atoms with Crippen LogP contribution in [0.2, 0.25) is 5.31 Å². The first-order chi connectivity index (χ1) is 7.04. The number of allylic oxidation sites excluding steroid dienone is 6. The maximum atomic E-state index is 6.37. The maximum absolute atomic E-state index is 6.37. The molecule has 2 aliphatic carbocycles. The minimum Gasteiger partial charge on any atom is -0.0852 e. The number of halogens is 1. The summed E-state index contributed by atoms with van der Waals surface area (Å²) in [6, 6.07) is 0. The largest absolute Gasteiger partial charge is 0.0852 e. The molecule has 2 radical (unpaired) electrons. The highest BCUT2D eigenvalue weighted by molar-refractivity contribution is 9.11. The van der Waals surface area contributed by atoms with Crippen LogP contribution in [0.3, 0.4) is 0 Å². The summed E-state index contributed by atoms with van der Waals surface area (Å²) in [5.74, 6) is 1.11. The van der Waals surface area contributed by atoms with Crippen molar-refractivity contribution in [2.45, 2.75) is 32.0 Å². The second-order valence-corrected chi connectivity index (χ2v) is 5.71. The van der Waals surface area contributed by atoms with Crippen LogP contribution in [0.1, 0.15) is 26.7 Å². The zero-order chi connectivity index (χ0) is 11.1. The fourth-order valence-electron chi connectivity index (χ4n) is 2.80. The Morgan fingerprint density at radius 3 is 3.07 bits per heavy atom. The Bertz CT molecular complexity index is 350. The molecule has 0 aromatic rings. The lowest BCUT2D eigenvalue weighted by molar-refractivity contribution is 0.568. The first-order valence-electron chi connectivity index (χ1n) is 5.59. The molecule has 0 amide bonds. The molecule has 0 spiro atoms. The first-order valence-corrected chi connectivity index (χ1v) is 6.39. The molecule has 2 aliphatic rings. The lowest BCUT2D eigenvalue weighted by atomic mass is 9.65. The second kappa shape index (κ2) is 3.97. The van der Waals surface area contributed by atoms with Gasteiger partial charge in [0.15, 0.2) is 0 Å². The number of hydrogen-bond acceptors (Lipinski definition) is 0. The van der Waals surface area contributed by atoms with Crippen LogP contribution >= 0.6 is 15.9 Å². The summed E-state index contributed by atoms with van der Waals surface area (Å²) in [7, 11) is 6.37. The normalized spacial score (nSPS) is 41.8. The van der Waals surface area contributed by atoms with Crippen molar-refractivity contribution in [1.82, 2.24) is 0 Å². The predicted molar refractivity (Wildman–Crippen MR) is 70.2 cm³/mol. The van der Waals surface area contributed by atoms with E-state index in [0.29, 0.717) is 11.8 Å².